The van der Waals surface area contributed by atoms with Gasteiger partial charge in [0, 0.05) is 0 Å². The fraction of sp³-hybridized carbons (Fsp3) is 0.143. The van der Waals surface area contributed by atoms with Crippen molar-refractivity contribution in [2.45, 2.75) is 13.8 Å². The lowest BCUT2D eigenvalue weighted by Gasteiger charge is -1.98. The quantitative estimate of drug-likeness (QED) is 0.307. The van der Waals surface area contributed by atoms with Gasteiger partial charge in [-0.2, -0.15) is 0 Å². The van der Waals surface area contributed by atoms with Crippen LogP contribution in [0.5, 0.6) is 0 Å². The van der Waals surface area contributed by atoms with Crippen LogP contribution in [-0.4, -0.2) is 10.9 Å². The summed E-state index contributed by atoms with van der Waals surface area (Å²) >= 11 is 0. The normalized spacial score (nSPS) is 12.4. The van der Waals surface area contributed by atoms with Crippen molar-refractivity contribution in [3.05, 3.63) is 39.9 Å². The number of nitrogens with two attached hydrogens (primary N) is 1. The van der Waals surface area contributed by atoms with Gasteiger partial charge in [-0.05, 0) is 26.0 Å². The van der Waals surface area contributed by atoms with E-state index < -0.39 is 5.63 Å². The monoisotopic (exact) mass is 272 g/mol. The van der Waals surface area contributed by atoms with Gasteiger partial charge in [-0.25, -0.2) is 4.79 Å². The van der Waals surface area contributed by atoms with Crippen LogP contribution in [-0.2, 0) is 0 Å². The molecule has 0 spiro atoms. The first-order valence-corrected chi connectivity index (χ1v) is 5.97. The van der Waals surface area contributed by atoms with E-state index in [2.05, 4.69) is 5.16 Å². The Kier molecular flexibility index (Phi) is 2.53. The fourth-order valence-corrected chi connectivity index (χ4v) is 2.21. The first-order chi connectivity index (χ1) is 9.52. The van der Waals surface area contributed by atoms with Crippen molar-refractivity contribution >= 4 is 33.3 Å². The van der Waals surface area contributed by atoms with Crippen molar-refractivity contribution in [2.75, 3.05) is 5.73 Å². The van der Waals surface area contributed by atoms with Crippen LogP contribution < -0.4 is 11.4 Å². The van der Waals surface area contributed by atoms with Crippen molar-refractivity contribution in [2.24, 2.45) is 5.16 Å². The SMILES string of the molecule is C/C(=N\O)c1oc2c(c1N)c(=O)oc1ccc(C)cc12. The third-order valence-corrected chi connectivity index (χ3v) is 3.21. The third kappa shape index (κ3) is 1.58. The number of oxime groups is 1. The molecule has 0 atom stereocenters. The highest BCUT2D eigenvalue weighted by atomic mass is 16.4. The molecule has 2 heterocycles. The van der Waals surface area contributed by atoms with Crippen molar-refractivity contribution < 1.29 is 14.0 Å². The summed E-state index contributed by atoms with van der Waals surface area (Å²) in [6.45, 7) is 3.45. The molecule has 0 saturated carbocycles. The summed E-state index contributed by atoms with van der Waals surface area (Å²) in [6.07, 6.45) is 0. The summed E-state index contributed by atoms with van der Waals surface area (Å²) < 4.78 is 10.9. The van der Waals surface area contributed by atoms with Gasteiger partial charge in [0.05, 0.1) is 11.1 Å². The van der Waals surface area contributed by atoms with Crippen LogP contribution >= 0.6 is 0 Å². The lowest BCUT2D eigenvalue weighted by molar-refractivity contribution is 0.318. The molecule has 0 fully saturated rings. The lowest BCUT2D eigenvalue weighted by Crippen LogP contribution is -2.03. The van der Waals surface area contributed by atoms with Crippen LogP contribution in [0.2, 0.25) is 0 Å². The van der Waals surface area contributed by atoms with E-state index in [1.807, 2.05) is 19.1 Å². The van der Waals surface area contributed by atoms with Crippen LogP contribution in [0, 0.1) is 6.92 Å². The van der Waals surface area contributed by atoms with Gasteiger partial charge < -0.3 is 19.8 Å². The van der Waals surface area contributed by atoms with Crippen LogP contribution in [0.25, 0.3) is 21.9 Å². The smallest absolute Gasteiger partial charge is 0.349 e. The maximum atomic E-state index is 12.0. The number of nitrogen functional groups attached to an aromatic ring is 1. The Balaban J connectivity index is 2.56. The number of nitrogens with zero attached hydrogens (tertiary/aromatic N) is 1. The molecule has 0 aliphatic rings. The second kappa shape index (κ2) is 4.12. The molecule has 0 aliphatic carbocycles. The van der Waals surface area contributed by atoms with E-state index in [1.54, 1.807) is 6.07 Å². The Morgan fingerprint density at radius 1 is 1.35 bits per heavy atom. The standard InChI is InChI=1S/C14H12N2O4/c1-6-3-4-9-8(5-6)13-10(14(17)19-9)11(15)12(20-13)7(2)16-18/h3-5,18H,15H2,1-2H3/b16-7+. The second-order valence-corrected chi connectivity index (χ2v) is 4.62. The van der Waals surface area contributed by atoms with Gasteiger partial charge in [-0.3, -0.25) is 0 Å². The predicted octanol–water partition coefficient (Wildman–Crippen LogP) is 2.63. The Bertz CT molecular complexity index is 918. The molecule has 0 saturated heterocycles. The minimum atomic E-state index is -0.574. The zero-order valence-electron chi connectivity index (χ0n) is 10.9. The molecule has 0 aliphatic heterocycles. The van der Waals surface area contributed by atoms with Gasteiger partial charge in [0.2, 0.25) is 0 Å². The van der Waals surface area contributed by atoms with Crippen LogP contribution in [0.1, 0.15) is 18.2 Å². The van der Waals surface area contributed by atoms with E-state index in [0.29, 0.717) is 16.6 Å². The molecule has 0 amide bonds. The summed E-state index contributed by atoms with van der Waals surface area (Å²) in [5.74, 6) is 0.170. The topological polar surface area (TPSA) is 102 Å². The molecule has 0 bridgehead atoms. The molecule has 2 aromatic heterocycles. The minimum absolute atomic E-state index is 0.118. The highest BCUT2D eigenvalue weighted by Gasteiger charge is 2.20. The number of anilines is 1. The average Bonchev–Trinajstić information content (AvgIpc) is 2.78. The highest BCUT2D eigenvalue weighted by Crippen LogP contribution is 2.32. The van der Waals surface area contributed by atoms with Gasteiger partial charge >= 0.3 is 5.63 Å². The highest BCUT2D eigenvalue weighted by molar-refractivity contribution is 6.12. The Labute approximate surface area is 113 Å². The Hall–Kier alpha value is -2.76. The molecule has 3 N–H and O–H groups in total. The molecule has 1 aromatic carbocycles. The predicted molar refractivity (Wildman–Crippen MR) is 75.4 cm³/mol. The molecule has 0 unspecified atom stereocenters. The van der Waals surface area contributed by atoms with Gasteiger partial charge in [0.25, 0.3) is 0 Å². The number of benzene rings is 1. The van der Waals surface area contributed by atoms with Crippen molar-refractivity contribution in [1.82, 2.24) is 0 Å². The number of hydrogen-bond donors (Lipinski definition) is 2. The van der Waals surface area contributed by atoms with Gasteiger partial charge in [-0.1, -0.05) is 16.8 Å². The Morgan fingerprint density at radius 3 is 2.80 bits per heavy atom. The molecule has 0 radical (unpaired) electrons. The summed E-state index contributed by atoms with van der Waals surface area (Å²) in [4.78, 5) is 12.0. The number of hydrogen-bond acceptors (Lipinski definition) is 6. The molecular weight excluding hydrogens is 260 g/mol. The third-order valence-electron chi connectivity index (χ3n) is 3.21. The summed E-state index contributed by atoms with van der Waals surface area (Å²) in [7, 11) is 0. The van der Waals surface area contributed by atoms with Gasteiger partial charge in [0.1, 0.15) is 16.7 Å². The maximum absolute atomic E-state index is 12.0. The van der Waals surface area contributed by atoms with Gasteiger partial charge in [-0.15, -0.1) is 0 Å². The number of fused-ring (bicyclic) bond motifs is 3. The lowest BCUT2D eigenvalue weighted by atomic mass is 10.1. The maximum Gasteiger partial charge on any atom is 0.349 e. The van der Waals surface area contributed by atoms with Crippen LogP contribution in [0.15, 0.2) is 37.0 Å². The number of aryl methyl sites for hydroxylation is 1. The van der Waals surface area contributed by atoms with Crippen LogP contribution in [0.4, 0.5) is 5.69 Å². The molecule has 20 heavy (non-hydrogen) atoms. The summed E-state index contributed by atoms with van der Waals surface area (Å²) in [5, 5.41) is 12.7. The molecule has 6 nitrogen and oxygen atoms in total. The first-order valence-electron chi connectivity index (χ1n) is 5.97. The van der Waals surface area contributed by atoms with E-state index in [9.17, 15) is 4.79 Å². The number of furan rings is 1. The van der Waals surface area contributed by atoms with E-state index in [0.717, 1.165) is 5.56 Å². The molecule has 3 aromatic rings. The van der Waals surface area contributed by atoms with E-state index in [-0.39, 0.29) is 22.5 Å². The Morgan fingerprint density at radius 2 is 2.10 bits per heavy atom. The average molecular weight is 272 g/mol. The van der Waals surface area contributed by atoms with Crippen molar-refractivity contribution in [1.29, 1.82) is 0 Å². The fourth-order valence-electron chi connectivity index (χ4n) is 2.21. The van der Waals surface area contributed by atoms with Gasteiger partial charge in [0.15, 0.2) is 11.3 Å². The molecule has 3 rings (SSSR count). The van der Waals surface area contributed by atoms with E-state index in [4.69, 9.17) is 19.8 Å². The molecule has 102 valence electrons. The summed E-state index contributed by atoms with van der Waals surface area (Å²) in [6, 6.07) is 5.39. The summed E-state index contributed by atoms with van der Waals surface area (Å²) in [5.41, 5.74) is 7.40. The first kappa shape index (κ1) is 12.3. The van der Waals surface area contributed by atoms with E-state index >= 15 is 0 Å². The molecular formula is C14H12N2O4. The zero-order valence-corrected chi connectivity index (χ0v) is 10.9. The largest absolute Gasteiger partial charge is 0.451 e. The van der Waals surface area contributed by atoms with Crippen molar-refractivity contribution in [3.8, 4) is 0 Å². The minimum Gasteiger partial charge on any atom is -0.451 e. The zero-order chi connectivity index (χ0) is 14.4. The number of rotatable bonds is 1. The van der Waals surface area contributed by atoms with Crippen LogP contribution in [0.3, 0.4) is 0 Å². The second-order valence-electron chi connectivity index (χ2n) is 4.62. The molecule has 6 heteroatoms. The van der Waals surface area contributed by atoms with E-state index in [1.165, 1.54) is 6.92 Å². The van der Waals surface area contributed by atoms with Crippen molar-refractivity contribution in [3.63, 3.8) is 0 Å².